The Bertz CT molecular complexity index is 453. The van der Waals surface area contributed by atoms with E-state index in [-0.39, 0.29) is 11.5 Å². The van der Waals surface area contributed by atoms with Crippen LogP contribution in [0.3, 0.4) is 0 Å². The van der Waals surface area contributed by atoms with Gasteiger partial charge in [-0.3, -0.25) is 0 Å². The van der Waals surface area contributed by atoms with Crippen LogP contribution < -0.4 is 0 Å². The summed E-state index contributed by atoms with van der Waals surface area (Å²) in [6.45, 7) is 3.86. The predicted octanol–water partition coefficient (Wildman–Crippen LogP) is 5.11. The molecule has 0 aromatic rings. The first kappa shape index (κ1) is 15.0. The Morgan fingerprint density at radius 1 is 1.09 bits per heavy atom. The summed E-state index contributed by atoms with van der Waals surface area (Å²) in [6.07, 6.45) is 19.9. The van der Waals surface area contributed by atoms with E-state index in [0.717, 1.165) is 30.1 Å². The fourth-order valence-electron chi connectivity index (χ4n) is 6.96. The summed E-state index contributed by atoms with van der Waals surface area (Å²) < 4.78 is 0. The quantitative estimate of drug-likeness (QED) is 0.718. The minimum Gasteiger partial charge on any atom is -0.392 e. The van der Waals surface area contributed by atoms with Gasteiger partial charge in [-0.1, -0.05) is 37.5 Å². The lowest BCUT2D eigenvalue weighted by Crippen LogP contribution is -2.51. The minimum atomic E-state index is -0.209. The molecule has 3 saturated carbocycles. The lowest BCUT2D eigenvalue weighted by atomic mass is 9.49. The van der Waals surface area contributed by atoms with Gasteiger partial charge in [0.05, 0.1) is 6.10 Å². The molecule has 0 amide bonds. The van der Waals surface area contributed by atoms with E-state index in [0.29, 0.717) is 5.92 Å². The fraction of sp³-hybridized carbons (Fsp3) is 0.810. The van der Waals surface area contributed by atoms with Crippen LogP contribution >= 0.6 is 0 Å². The Labute approximate surface area is 135 Å². The summed E-state index contributed by atoms with van der Waals surface area (Å²) in [5.41, 5.74) is 0.0802. The molecule has 122 valence electrons. The largest absolute Gasteiger partial charge is 0.392 e. The number of hydrogen-bond donors (Lipinski definition) is 1. The third-order valence-electron chi connectivity index (χ3n) is 7.88. The van der Waals surface area contributed by atoms with Gasteiger partial charge in [0, 0.05) is 5.41 Å². The molecule has 0 aliphatic heterocycles. The number of fused-ring (bicyclic) bond motifs is 5. The number of aliphatic hydroxyl groups excluding tert-OH is 1. The highest BCUT2D eigenvalue weighted by atomic mass is 16.3. The molecule has 4 aliphatic carbocycles. The Hall–Kier alpha value is -0.560. The predicted molar refractivity (Wildman–Crippen MR) is 91.4 cm³/mol. The second kappa shape index (κ2) is 5.82. The molecule has 0 unspecified atom stereocenters. The van der Waals surface area contributed by atoms with Crippen molar-refractivity contribution in [2.45, 2.75) is 70.3 Å². The first-order valence-electron chi connectivity index (χ1n) is 9.73. The van der Waals surface area contributed by atoms with Crippen molar-refractivity contribution in [2.75, 3.05) is 0 Å². The lowest BCUT2D eigenvalue weighted by Gasteiger charge is -2.56. The first-order valence-corrected chi connectivity index (χ1v) is 9.73. The fourth-order valence-corrected chi connectivity index (χ4v) is 6.96. The van der Waals surface area contributed by atoms with Crippen molar-refractivity contribution in [2.24, 2.45) is 35.0 Å². The summed E-state index contributed by atoms with van der Waals surface area (Å²) in [7, 11) is 0. The normalized spacial score (nSPS) is 48.1. The molecule has 0 aromatic heterocycles. The summed E-state index contributed by atoms with van der Waals surface area (Å²) in [6, 6.07) is 0. The Balaban J connectivity index is 1.58. The van der Waals surface area contributed by atoms with Gasteiger partial charge in [-0.2, -0.15) is 0 Å². The number of hydrogen-bond acceptors (Lipinski definition) is 1. The highest BCUT2D eigenvalue weighted by Crippen LogP contribution is 2.62. The molecule has 22 heavy (non-hydrogen) atoms. The van der Waals surface area contributed by atoms with Crippen LogP contribution in [0.15, 0.2) is 24.8 Å². The monoisotopic (exact) mass is 300 g/mol. The maximum absolute atomic E-state index is 10.8. The molecule has 0 heterocycles. The van der Waals surface area contributed by atoms with Crippen molar-refractivity contribution >= 4 is 0 Å². The van der Waals surface area contributed by atoms with Gasteiger partial charge in [0.15, 0.2) is 0 Å². The first-order chi connectivity index (χ1) is 10.8. The number of allylic oxidation sites excluding steroid dienone is 1. The second-order valence-electron chi connectivity index (χ2n) is 8.55. The molecule has 1 heteroatoms. The van der Waals surface area contributed by atoms with Gasteiger partial charge >= 0.3 is 0 Å². The average molecular weight is 300 g/mol. The zero-order chi connectivity index (χ0) is 15.2. The van der Waals surface area contributed by atoms with Crippen molar-refractivity contribution in [1.29, 1.82) is 0 Å². The van der Waals surface area contributed by atoms with Crippen LogP contribution in [0.1, 0.15) is 64.2 Å². The molecule has 4 aliphatic rings. The Kier molecular flexibility index (Phi) is 3.97. The second-order valence-corrected chi connectivity index (χ2v) is 8.55. The van der Waals surface area contributed by atoms with Gasteiger partial charge in [-0.15, -0.1) is 6.58 Å². The van der Waals surface area contributed by atoms with Crippen LogP contribution in [0.25, 0.3) is 0 Å². The van der Waals surface area contributed by atoms with Crippen molar-refractivity contribution in [1.82, 2.24) is 0 Å². The highest BCUT2D eigenvalue weighted by molar-refractivity contribution is 5.19. The lowest BCUT2D eigenvalue weighted by molar-refractivity contribution is -0.0893. The molecule has 7 atom stereocenters. The van der Waals surface area contributed by atoms with Crippen LogP contribution in [0.4, 0.5) is 0 Å². The molecule has 0 bridgehead atoms. The average Bonchev–Trinajstić information content (AvgIpc) is 3.00. The summed E-state index contributed by atoms with van der Waals surface area (Å²) in [5.74, 6) is 4.61. The van der Waals surface area contributed by atoms with Gasteiger partial charge in [0.25, 0.3) is 0 Å². The van der Waals surface area contributed by atoms with Gasteiger partial charge < -0.3 is 5.11 Å². The molecule has 0 aromatic carbocycles. The number of rotatable bonds is 3. The van der Waals surface area contributed by atoms with Crippen LogP contribution in [-0.4, -0.2) is 11.2 Å². The van der Waals surface area contributed by atoms with Gasteiger partial charge in [0.1, 0.15) is 0 Å². The zero-order valence-electron chi connectivity index (χ0n) is 13.9. The van der Waals surface area contributed by atoms with Crippen LogP contribution in [-0.2, 0) is 0 Å². The summed E-state index contributed by atoms with van der Waals surface area (Å²) >= 11 is 0. The van der Waals surface area contributed by atoms with Gasteiger partial charge in [-0.25, -0.2) is 0 Å². The summed E-state index contributed by atoms with van der Waals surface area (Å²) in [4.78, 5) is 0. The molecule has 0 spiro atoms. The third-order valence-corrected chi connectivity index (χ3v) is 7.88. The van der Waals surface area contributed by atoms with E-state index in [4.69, 9.17) is 0 Å². The van der Waals surface area contributed by atoms with Crippen molar-refractivity contribution in [3.8, 4) is 0 Å². The van der Waals surface area contributed by atoms with Crippen molar-refractivity contribution in [3.05, 3.63) is 24.8 Å². The number of aliphatic hydroxyl groups is 1. The van der Waals surface area contributed by atoms with Crippen molar-refractivity contribution < 1.29 is 5.11 Å². The van der Waals surface area contributed by atoms with Gasteiger partial charge in [0.2, 0.25) is 0 Å². The van der Waals surface area contributed by atoms with E-state index in [2.05, 4.69) is 18.7 Å². The van der Waals surface area contributed by atoms with E-state index in [1.807, 2.05) is 6.08 Å². The molecule has 0 saturated heterocycles. The van der Waals surface area contributed by atoms with Gasteiger partial charge in [-0.05, 0) is 74.5 Å². The molecule has 1 nitrogen and oxygen atoms in total. The van der Waals surface area contributed by atoms with Crippen LogP contribution in [0, 0.1) is 35.0 Å². The van der Waals surface area contributed by atoms with E-state index in [9.17, 15) is 5.11 Å². The standard InChI is InChI=1S/C21H32O/c1-2-6-20(22)21-13-5-9-19(21)18-11-10-15-7-3-4-8-16(15)17(18)12-14-21/h2,5,13,15-20,22H,1,3-4,6-12,14H2/t15-,16+,17-,18-,19+,20-,21-/m1/s1. The van der Waals surface area contributed by atoms with Crippen LogP contribution in [0.5, 0.6) is 0 Å². The smallest absolute Gasteiger partial charge is 0.0667 e. The van der Waals surface area contributed by atoms with Crippen LogP contribution in [0.2, 0.25) is 0 Å². The van der Waals surface area contributed by atoms with E-state index < -0.39 is 0 Å². The maximum atomic E-state index is 10.8. The van der Waals surface area contributed by atoms with E-state index >= 15 is 0 Å². The highest BCUT2D eigenvalue weighted by Gasteiger charge is 2.55. The van der Waals surface area contributed by atoms with E-state index in [1.54, 1.807) is 0 Å². The topological polar surface area (TPSA) is 20.2 Å². The Morgan fingerprint density at radius 3 is 2.82 bits per heavy atom. The zero-order valence-corrected chi connectivity index (χ0v) is 13.9. The Morgan fingerprint density at radius 2 is 1.95 bits per heavy atom. The maximum Gasteiger partial charge on any atom is 0.0667 e. The molecular formula is C21H32O. The SMILES string of the molecule is C=CC[C@@H](O)[C@@]12C=CC[C@H]1[C@@H]1CC[C@H]3CCCC[C@@H]3[C@H]1CC2. The summed E-state index contributed by atoms with van der Waals surface area (Å²) in [5, 5.41) is 10.8. The van der Waals surface area contributed by atoms with E-state index in [1.165, 1.54) is 57.8 Å². The molecule has 4 rings (SSSR count). The minimum absolute atomic E-state index is 0.0802. The van der Waals surface area contributed by atoms with Crippen molar-refractivity contribution in [3.63, 3.8) is 0 Å². The molecule has 3 fully saturated rings. The molecular weight excluding hydrogens is 268 g/mol. The molecule has 0 radical (unpaired) electrons. The molecule has 1 N–H and O–H groups in total. The third kappa shape index (κ3) is 2.15.